The van der Waals surface area contributed by atoms with Crippen LogP contribution in [0.15, 0.2) is 67.3 Å². The summed E-state index contributed by atoms with van der Waals surface area (Å²) in [6.07, 6.45) is 13.0. The quantitative estimate of drug-likeness (QED) is 0.231. The first-order valence-corrected chi connectivity index (χ1v) is 13.0. The number of aromatic hydroxyl groups is 1. The number of ether oxygens (including phenoxy) is 1. The van der Waals surface area contributed by atoms with Crippen molar-refractivity contribution in [3.63, 3.8) is 0 Å². The summed E-state index contributed by atoms with van der Waals surface area (Å²) in [6.45, 7) is 0. The lowest BCUT2D eigenvalue weighted by Crippen LogP contribution is -2.19. The van der Waals surface area contributed by atoms with Crippen molar-refractivity contribution < 1.29 is 14.2 Å². The molecule has 1 fully saturated rings. The molecule has 0 bridgehead atoms. The maximum absolute atomic E-state index is 14.0. The number of aromatic amines is 2. The minimum atomic E-state index is -0.508. The molecule has 0 radical (unpaired) electrons. The Balaban J connectivity index is 1.26. The van der Waals surface area contributed by atoms with Crippen molar-refractivity contribution in [2.45, 2.75) is 38.2 Å². The van der Waals surface area contributed by atoms with Crippen LogP contribution >= 0.6 is 0 Å². The molecule has 1 aliphatic carbocycles. The fourth-order valence-corrected chi connectivity index (χ4v) is 5.41. The molecular formula is C30H25FN6O2. The molecule has 1 aromatic carbocycles. The number of hydrogen-bond acceptors (Lipinski definition) is 6. The van der Waals surface area contributed by atoms with Crippen molar-refractivity contribution in [3.05, 3.63) is 73.1 Å². The minimum Gasteiger partial charge on any atom is -0.508 e. The van der Waals surface area contributed by atoms with E-state index in [4.69, 9.17) is 4.74 Å². The highest BCUT2D eigenvalue weighted by molar-refractivity contribution is 6.00. The molecule has 9 heteroatoms. The van der Waals surface area contributed by atoms with E-state index in [1.54, 1.807) is 30.9 Å². The molecule has 6 aromatic rings. The van der Waals surface area contributed by atoms with Gasteiger partial charge in [0, 0.05) is 34.8 Å². The number of nitrogens with zero attached hydrogens (tertiary/aromatic N) is 4. The average molecular weight is 521 g/mol. The Labute approximate surface area is 222 Å². The number of aromatic nitrogens is 6. The number of hydrogen-bond donors (Lipinski definition) is 3. The topological polar surface area (TPSA) is 113 Å². The lowest BCUT2D eigenvalue weighted by Gasteiger charge is -2.22. The number of rotatable bonds is 5. The van der Waals surface area contributed by atoms with Crippen LogP contribution in [-0.2, 0) is 0 Å². The lowest BCUT2D eigenvalue weighted by molar-refractivity contribution is 0.154. The van der Waals surface area contributed by atoms with Gasteiger partial charge in [0.2, 0.25) is 0 Å². The minimum absolute atomic E-state index is 0.133. The van der Waals surface area contributed by atoms with E-state index in [1.165, 1.54) is 31.4 Å². The molecule has 0 saturated heterocycles. The van der Waals surface area contributed by atoms with Gasteiger partial charge in [0.15, 0.2) is 0 Å². The number of H-pyrrole nitrogens is 2. The summed E-state index contributed by atoms with van der Waals surface area (Å²) in [6, 6.07) is 11.7. The van der Waals surface area contributed by atoms with Crippen molar-refractivity contribution in [1.82, 2.24) is 30.1 Å². The SMILES string of the molecule is Oc1cc(F)cc(-c2ccnc3[nH]c(-c4n[nH]c5cnc(-c6cncc(OC7CCCCC7)c6)cc45)cc23)c1. The first-order chi connectivity index (χ1) is 19.1. The van der Waals surface area contributed by atoms with Gasteiger partial charge in [-0.3, -0.25) is 15.1 Å². The largest absolute Gasteiger partial charge is 0.508 e. The van der Waals surface area contributed by atoms with Gasteiger partial charge in [0.25, 0.3) is 0 Å². The summed E-state index contributed by atoms with van der Waals surface area (Å²) in [5.41, 5.74) is 5.82. The van der Waals surface area contributed by atoms with Crippen LogP contribution in [0.1, 0.15) is 32.1 Å². The highest BCUT2D eigenvalue weighted by Crippen LogP contribution is 2.35. The van der Waals surface area contributed by atoms with E-state index in [0.717, 1.165) is 63.5 Å². The zero-order valence-electron chi connectivity index (χ0n) is 21.0. The molecule has 1 saturated carbocycles. The third-order valence-electron chi connectivity index (χ3n) is 7.29. The van der Waals surface area contributed by atoms with Crippen molar-refractivity contribution in [3.8, 4) is 45.3 Å². The molecule has 5 aromatic heterocycles. The van der Waals surface area contributed by atoms with E-state index in [2.05, 4.69) is 30.1 Å². The number of phenolic OH excluding ortho intramolecular Hbond substituents is 1. The van der Waals surface area contributed by atoms with Crippen LogP contribution in [0, 0.1) is 5.82 Å². The summed E-state index contributed by atoms with van der Waals surface area (Å²) < 4.78 is 20.2. The molecule has 7 rings (SSSR count). The first-order valence-electron chi connectivity index (χ1n) is 13.0. The molecule has 0 atom stereocenters. The van der Waals surface area contributed by atoms with Crippen LogP contribution in [0.25, 0.3) is 55.7 Å². The number of phenols is 1. The number of pyridine rings is 3. The van der Waals surface area contributed by atoms with Gasteiger partial charge in [-0.2, -0.15) is 5.10 Å². The van der Waals surface area contributed by atoms with E-state index in [1.807, 2.05) is 18.2 Å². The van der Waals surface area contributed by atoms with Crippen LogP contribution in [0.2, 0.25) is 0 Å². The normalized spacial score (nSPS) is 14.3. The Morgan fingerprint density at radius 3 is 2.67 bits per heavy atom. The predicted molar refractivity (Wildman–Crippen MR) is 147 cm³/mol. The lowest BCUT2D eigenvalue weighted by atomic mass is 9.98. The van der Waals surface area contributed by atoms with Gasteiger partial charge in [-0.1, -0.05) is 6.42 Å². The van der Waals surface area contributed by atoms with Gasteiger partial charge in [-0.25, -0.2) is 9.37 Å². The highest BCUT2D eigenvalue weighted by Gasteiger charge is 2.18. The van der Waals surface area contributed by atoms with Gasteiger partial charge in [0.1, 0.15) is 28.7 Å². The summed E-state index contributed by atoms with van der Waals surface area (Å²) in [5.74, 6) is 0.116. The third-order valence-corrected chi connectivity index (χ3v) is 7.29. The van der Waals surface area contributed by atoms with Crippen LogP contribution in [0.3, 0.4) is 0 Å². The molecule has 5 heterocycles. The van der Waals surface area contributed by atoms with Gasteiger partial charge in [-0.15, -0.1) is 0 Å². The van der Waals surface area contributed by atoms with Crippen molar-refractivity contribution >= 4 is 21.9 Å². The monoisotopic (exact) mass is 520 g/mol. The summed E-state index contributed by atoms with van der Waals surface area (Å²) in [4.78, 5) is 16.8. The van der Waals surface area contributed by atoms with Gasteiger partial charge in [0.05, 0.1) is 35.4 Å². The van der Waals surface area contributed by atoms with Crippen LogP contribution in [0.4, 0.5) is 4.39 Å². The number of nitrogens with one attached hydrogen (secondary N) is 2. The number of benzene rings is 1. The Morgan fingerprint density at radius 1 is 0.897 bits per heavy atom. The standard InChI is InChI=1S/C30H25FN6O2/c31-19-8-17(9-20(38)11-19)23-6-7-33-30-24(23)12-27(35-30)29-25-13-26(34-16-28(25)36-37-29)18-10-22(15-32-14-18)39-21-4-2-1-3-5-21/h6-16,21,38H,1-5H2,(H,33,35)(H,36,37). The molecule has 8 nitrogen and oxygen atoms in total. The summed E-state index contributed by atoms with van der Waals surface area (Å²) in [7, 11) is 0. The predicted octanol–water partition coefficient (Wildman–Crippen LogP) is 6.79. The molecule has 0 spiro atoms. The van der Waals surface area contributed by atoms with Gasteiger partial charge in [-0.05, 0) is 73.2 Å². The second kappa shape index (κ2) is 9.50. The zero-order chi connectivity index (χ0) is 26.3. The summed E-state index contributed by atoms with van der Waals surface area (Å²) in [5, 5.41) is 19.2. The second-order valence-corrected chi connectivity index (χ2v) is 9.98. The second-order valence-electron chi connectivity index (χ2n) is 9.98. The van der Waals surface area contributed by atoms with E-state index in [-0.39, 0.29) is 11.9 Å². The molecular weight excluding hydrogens is 495 g/mol. The van der Waals surface area contributed by atoms with E-state index in [0.29, 0.717) is 16.9 Å². The molecule has 0 amide bonds. The van der Waals surface area contributed by atoms with Crippen LogP contribution < -0.4 is 4.74 Å². The van der Waals surface area contributed by atoms with E-state index < -0.39 is 5.82 Å². The molecule has 0 unspecified atom stereocenters. The zero-order valence-corrected chi connectivity index (χ0v) is 21.0. The van der Waals surface area contributed by atoms with Gasteiger partial charge < -0.3 is 14.8 Å². The summed E-state index contributed by atoms with van der Waals surface area (Å²) >= 11 is 0. The smallest absolute Gasteiger partial charge is 0.138 e. The molecule has 0 aliphatic heterocycles. The Hall–Kier alpha value is -4.79. The van der Waals surface area contributed by atoms with E-state index >= 15 is 0 Å². The Morgan fingerprint density at radius 2 is 1.79 bits per heavy atom. The van der Waals surface area contributed by atoms with Crippen LogP contribution in [0.5, 0.6) is 11.5 Å². The molecule has 3 N–H and O–H groups in total. The molecule has 39 heavy (non-hydrogen) atoms. The van der Waals surface area contributed by atoms with E-state index in [9.17, 15) is 9.50 Å². The van der Waals surface area contributed by atoms with Crippen molar-refractivity contribution in [2.75, 3.05) is 0 Å². The molecule has 1 aliphatic rings. The Bertz CT molecular complexity index is 1800. The fourth-order valence-electron chi connectivity index (χ4n) is 5.41. The first kappa shape index (κ1) is 23.3. The van der Waals surface area contributed by atoms with Crippen LogP contribution in [-0.4, -0.2) is 41.3 Å². The highest BCUT2D eigenvalue weighted by atomic mass is 19.1. The fraction of sp³-hybridized carbons (Fsp3) is 0.200. The molecule has 194 valence electrons. The van der Waals surface area contributed by atoms with Gasteiger partial charge >= 0.3 is 0 Å². The van der Waals surface area contributed by atoms with Crippen molar-refractivity contribution in [2.24, 2.45) is 0 Å². The number of halogens is 1. The third kappa shape index (κ3) is 4.46. The maximum atomic E-state index is 14.0. The number of fused-ring (bicyclic) bond motifs is 2. The Kier molecular flexibility index (Phi) is 5.69. The van der Waals surface area contributed by atoms with Crippen molar-refractivity contribution in [1.29, 1.82) is 0 Å². The maximum Gasteiger partial charge on any atom is 0.138 e. The average Bonchev–Trinajstić information content (AvgIpc) is 3.57.